The molecule has 0 unspecified atom stereocenters. The number of rotatable bonds is 3. The van der Waals surface area contributed by atoms with E-state index < -0.39 is 0 Å². The van der Waals surface area contributed by atoms with E-state index in [1.165, 1.54) is 116 Å². The van der Waals surface area contributed by atoms with Crippen molar-refractivity contribution in [2.45, 2.75) is 132 Å². The number of anilines is 6. The first kappa shape index (κ1) is 43.4. The van der Waals surface area contributed by atoms with Gasteiger partial charge < -0.3 is 9.32 Å². The molecule has 10 rings (SSSR count). The fourth-order valence-corrected chi connectivity index (χ4v) is 11.7. The van der Waals surface area contributed by atoms with Crippen LogP contribution >= 0.6 is 11.3 Å². The number of hydrogen-bond acceptors (Lipinski definition) is 4. The molecular formula is C60H65BN2OS. The van der Waals surface area contributed by atoms with Crippen LogP contribution in [0.4, 0.5) is 34.3 Å². The lowest BCUT2D eigenvalue weighted by molar-refractivity contribution is 0.587. The molecule has 0 spiro atoms. The van der Waals surface area contributed by atoms with Gasteiger partial charge in [0.1, 0.15) is 5.58 Å². The molecule has 0 radical (unpaired) electrons. The van der Waals surface area contributed by atoms with E-state index in [-0.39, 0.29) is 28.4 Å². The van der Waals surface area contributed by atoms with Crippen LogP contribution in [0, 0.1) is 27.7 Å². The molecule has 3 nitrogen and oxygen atoms in total. The second-order valence-corrected chi connectivity index (χ2v) is 24.3. The fourth-order valence-electron chi connectivity index (χ4n) is 10.7. The average molecular weight is 873 g/mol. The van der Waals surface area contributed by atoms with Gasteiger partial charge in [-0.2, -0.15) is 0 Å². The topological polar surface area (TPSA) is 19.6 Å². The quantitative estimate of drug-likeness (QED) is 0.165. The zero-order valence-corrected chi connectivity index (χ0v) is 42.4. The molecule has 330 valence electrons. The van der Waals surface area contributed by atoms with Crippen molar-refractivity contribution in [3.8, 4) is 11.1 Å². The Balaban J connectivity index is 1.38. The van der Waals surface area contributed by atoms with Crippen molar-refractivity contribution >= 4 is 89.8 Å². The number of hydrogen-bond donors (Lipinski definition) is 0. The van der Waals surface area contributed by atoms with Crippen molar-refractivity contribution in [3.05, 3.63) is 147 Å². The van der Waals surface area contributed by atoms with Crippen molar-refractivity contribution < 1.29 is 4.42 Å². The van der Waals surface area contributed by atoms with Crippen molar-refractivity contribution in [2.24, 2.45) is 0 Å². The summed E-state index contributed by atoms with van der Waals surface area (Å²) in [6, 6.07) is 37.9. The summed E-state index contributed by atoms with van der Waals surface area (Å²) in [5, 5.41) is 4.84. The van der Waals surface area contributed by atoms with E-state index >= 15 is 0 Å². The summed E-state index contributed by atoms with van der Waals surface area (Å²) in [5.74, 6) is 0.921. The van der Waals surface area contributed by atoms with Gasteiger partial charge in [0.2, 0.25) is 5.88 Å². The minimum atomic E-state index is -0.147. The lowest BCUT2D eigenvalue weighted by Gasteiger charge is -2.45. The third-order valence-corrected chi connectivity index (χ3v) is 15.3. The number of aryl methyl sites for hydroxylation is 4. The van der Waals surface area contributed by atoms with Gasteiger partial charge in [0.25, 0.3) is 6.71 Å². The zero-order chi connectivity index (χ0) is 46.4. The molecule has 0 aliphatic carbocycles. The van der Waals surface area contributed by atoms with E-state index in [1.54, 1.807) is 0 Å². The summed E-state index contributed by atoms with van der Waals surface area (Å²) in [7, 11) is 0. The normalized spacial score (nSPS) is 14.1. The Morgan fingerprint density at radius 3 is 1.57 bits per heavy atom. The number of thiophene rings is 1. The van der Waals surface area contributed by atoms with Gasteiger partial charge in [-0.25, -0.2) is 0 Å². The molecule has 2 aliphatic rings. The standard InChI is InChI=1S/C60H65BN2OS/c1-34-25-40(58(8,9)10)26-35(2)54(34)62-47-29-38(45-33-65-51-20-18-17-19-43(45)51)21-23-46(47)61-52-44-30-39(57(5,6)7)22-24-50(44)64-56(52)63(49-32-42(60(14,15)16)31-48(62)53(49)61)55-36(3)27-41(28-37(55)4)59(11,12)13/h17-33H,1-16H3. The van der Waals surface area contributed by atoms with Crippen molar-refractivity contribution in [1.82, 2.24) is 0 Å². The molecular weight excluding hydrogens is 808 g/mol. The smallest absolute Gasteiger partial charge is 0.257 e. The summed E-state index contributed by atoms with van der Waals surface area (Å²) in [6.45, 7) is 37.1. The zero-order valence-electron chi connectivity index (χ0n) is 41.6. The third kappa shape index (κ3) is 6.90. The highest BCUT2D eigenvalue weighted by Gasteiger charge is 2.48. The van der Waals surface area contributed by atoms with Crippen molar-refractivity contribution in [1.29, 1.82) is 0 Å². The predicted molar refractivity (Wildman–Crippen MR) is 285 cm³/mol. The van der Waals surface area contributed by atoms with E-state index in [9.17, 15) is 0 Å². The third-order valence-electron chi connectivity index (χ3n) is 14.4. The average Bonchev–Trinajstić information content (AvgIpc) is 3.82. The maximum absolute atomic E-state index is 7.37. The Labute approximate surface area is 392 Å². The van der Waals surface area contributed by atoms with Crippen LogP contribution in [0.2, 0.25) is 0 Å². The van der Waals surface area contributed by atoms with Crippen LogP contribution in [0.3, 0.4) is 0 Å². The fraction of sp³-hybridized carbons (Fsp3) is 0.333. The monoisotopic (exact) mass is 872 g/mol. The van der Waals surface area contributed by atoms with Gasteiger partial charge >= 0.3 is 0 Å². The van der Waals surface area contributed by atoms with Crippen LogP contribution in [0.1, 0.15) is 128 Å². The highest BCUT2D eigenvalue weighted by molar-refractivity contribution is 7.17. The van der Waals surface area contributed by atoms with E-state index in [2.05, 4.69) is 223 Å². The number of nitrogens with zero attached hydrogens (tertiary/aromatic N) is 2. The van der Waals surface area contributed by atoms with Gasteiger partial charge in [-0.15, -0.1) is 11.3 Å². The van der Waals surface area contributed by atoms with Crippen LogP contribution in [0.25, 0.3) is 32.2 Å². The summed E-state index contributed by atoms with van der Waals surface area (Å²) in [5.41, 5.74) is 23.6. The van der Waals surface area contributed by atoms with Crippen LogP contribution in [0.5, 0.6) is 0 Å². The SMILES string of the molecule is Cc1cc(C(C)(C)C)cc(C)c1N1c2cc(-c3csc4ccccc34)ccc2B2c3c1cc(C(C)(C)C)cc3N(c1c(C)cc(C(C)(C)C)cc1C)c1oc3ccc(C(C)(C)C)cc3c12. The lowest BCUT2D eigenvalue weighted by Crippen LogP contribution is -2.61. The van der Waals surface area contributed by atoms with Crippen LogP contribution in [-0.4, -0.2) is 6.71 Å². The van der Waals surface area contributed by atoms with E-state index in [0.717, 1.165) is 11.5 Å². The molecule has 0 saturated heterocycles. The first-order chi connectivity index (χ1) is 30.4. The van der Waals surface area contributed by atoms with E-state index in [0.29, 0.717) is 0 Å². The van der Waals surface area contributed by atoms with Gasteiger partial charge in [-0.05, 0) is 152 Å². The Morgan fingerprint density at radius 1 is 0.477 bits per heavy atom. The second-order valence-electron chi connectivity index (χ2n) is 23.4. The van der Waals surface area contributed by atoms with Gasteiger partial charge in [-0.1, -0.05) is 144 Å². The molecule has 0 saturated carbocycles. The first-order valence-corrected chi connectivity index (χ1v) is 24.5. The Hall–Kier alpha value is -5.52. The number of benzene rings is 6. The van der Waals surface area contributed by atoms with E-state index in [4.69, 9.17) is 4.42 Å². The molecule has 5 heteroatoms. The van der Waals surface area contributed by atoms with Crippen LogP contribution < -0.4 is 26.2 Å². The van der Waals surface area contributed by atoms with Crippen LogP contribution in [0.15, 0.2) is 107 Å². The Morgan fingerprint density at radius 2 is 1.00 bits per heavy atom. The molecule has 4 heterocycles. The maximum atomic E-state index is 7.37. The second kappa shape index (κ2) is 14.5. The Kier molecular flexibility index (Phi) is 9.67. The highest BCUT2D eigenvalue weighted by Crippen LogP contribution is 2.51. The number of furan rings is 1. The Bertz CT molecular complexity index is 3210. The summed E-state index contributed by atoms with van der Waals surface area (Å²) in [6.07, 6.45) is 0. The van der Waals surface area contributed by atoms with Crippen molar-refractivity contribution in [3.63, 3.8) is 0 Å². The molecule has 2 aromatic heterocycles. The minimum absolute atomic E-state index is 0.0108. The largest absolute Gasteiger partial charge is 0.440 e. The summed E-state index contributed by atoms with van der Waals surface area (Å²) in [4.78, 5) is 5.18. The molecule has 2 aliphatic heterocycles. The molecule has 0 amide bonds. The molecule has 65 heavy (non-hydrogen) atoms. The lowest BCUT2D eigenvalue weighted by atomic mass is 9.33. The molecule has 8 aromatic rings. The van der Waals surface area contributed by atoms with Crippen molar-refractivity contribution in [2.75, 3.05) is 9.80 Å². The maximum Gasteiger partial charge on any atom is 0.257 e. The molecule has 0 bridgehead atoms. The predicted octanol–water partition coefficient (Wildman–Crippen LogP) is 15.8. The van der Waals surface area contributed by atoms with Gasteiger partial charge in [0, 0.05) is 43.6 Å². The van der Waals surface area contributed by atoms with Gasteiger partial charge in [0.05, 0.1) is 11.4 Å². The van der Waals surface area contributed by atoms with Gasteiger partial charge in [0.15, 0.2) is 0 Å². The summed E-state index contributed by atoms with van der Waals surface area (Å²) < 4.78 is 8.67. The first-order valence-electron chi connectivity index (χ1n) is 23.6. The molecule has 6 aromatic carbocycles. The van der Waals surface area contributed by atoms with Gasteiger partial charge in [-0.3, -0.25) is 4.90 Å². The highest BCUT2D eigenvalue weighted by atomic mass is 32.1. The van der Waals surface area contributed by atoms with E-state index in [1.807, 2.05) is 11.3 Å². The summed E-state index contributed by atoms with van der Waals surface area (Å²) >= 11 is 1.83. The number of fused-ring (bicyclic) bond motifs is 7. The van der Waals surface area contributed by atoms with Crippen LogP contribution in [-0.2, 0) is 21.7 Å². The minimum Gasteiger partial charge on any atom is -0.440 e. The molecule has 0 fully saturated rings. The molecule has 0 N–H and O–H groups in total. The molecule has 0 atom stereocenters.